The lowest BCUT2D eigenvalue weighted by Crippen LogP contribution is -2.18. The zero-order valence-electron chi connectivity index (χ0n) is 12.1. The molecular formula is C15H20N2O3. The van der Waals surface area contributed by atoms with Crippen molar-refractivity contribution in [2.24, 2.45) is 16.9 Å². The van der Waals surface area contributed by atoms with Gasteiger partial charge in [-0.2, -0.15) is 5.10 Å². The predicted octanol–water partition coefficient (Wildman–Crippen LogP) is 2.81. The topological polar surface area (TPSA) is 59.9 Å². The van der Waals surface area contributed by atoms with E-state index >= 15 is 0 Å². The highest BCUT2D eigenvalue weighted by Crippen LogP contribution is 2.32. The largest absolute Gasteiger partial charge is 0.454 e. The van der Waals surface area contributed by atoms with E-state index in [4.69, 9.17) is 9.47 Å². The van der Waals surface area contributed by atoms with Crippen molar-refractivity contribution in [3.05, 3.63) is 23.8 Å². The van der Waals surface area contributed by atoms with Crippen LogP contribution in [0.15, 0.2) is 23.3 Å². The second kappa shape index (κ2) is 6.41. The number of fused-ring (bicyclic) bond motifs is 1. The van der Waals surface area contributed by atoms with Crippen LogP contribution in [0.5, 0.6) is 11.5 Å². The molecule has 1 amide bonds. The Morgan fingerprint density at radius 3 is 2.85 bits per heavy atom. The van der Waals surface area contributed by atoms with Gasteiger partial charge in [0.1, 0.15) is 0 Å². The fourth-order valence-corrected chi connectivity index (χ4v) is 2.13. The lowest BCUT2D eigenvalue weighted by Gasteiger charge is -2.08. The van der Waals surface area contributed by atoms with Crippen molar-refractivity contribution in [2.45, 2.75) is 27.2 Å². The molecule has 1 aliphatic rings. The van der Waals surface area contributed by atoms with Crippen molar-refractivity contribution in [3.63, 3.8) is 0 Å². The van der Waals surface area contributed by atoms with Crippen molar-refractivity contribution in [2.75, 3.05) is 6.79 Å². The maximum atomic E-state index is 11.9. The van der Waals surface area contributed by atoms with Crippen LogP contribution in [0.4, 0.5) is 0 Å². The second-order valence-electron chi connectivity index (χ2n) is 5.39. The first-order valence-corrected chi connectivity index (χ1v) is 6.79. The van der Waals surface area contributed by atoms with Gasteiger partial charge in [-0.05, 0) is 36.5 Å². The van der Waals surface area contributed by atoms with E-state index in [0.717, 1.165) is 6.42 Å². The van der Waals surface area contributed by atoms with Gasteiger partial charge in [0, 0.05) is 11.8 Å². The molecule has 5 nitrogen and oxygen atoms in total. The van der Waals surface area contributed by atoms with Gasteiger partial charge in [0.05, 0.1) is 0 Å². The molecule has 1 aromatic carbocycles. The Bertz CT molecular complexity index is 512. The van der Waals surface area contributed by atoms with E-state index in [1.165, 1.54) is 0 Å². The van der Waals surface area contributed by atoms with Crippen molar-refractivity contribution < 1.29 is 14.3 Å². The van der Waals surface area contributed by atoms with Crippen LogP contribution in [-0.4, -0.2) is 18.9 Å². The number of nitrogens with zero attached hydrogens (tertiary/aromatic N) is 1. The van der Waals surface area contributed by atoms with Crippen molar-refractivity contribution in [1.29, 1.82) is 0 Å². The zero-order valence-corrected chi connectivity index (χ0v) is 12.1. The quantitative estimate of drug-likeness (QED) is 0.664. The van der Waals surface area contributed by atoms with Crippen molar-refractivity contribution in [1.82, 2.24) is 5.43 Å². The van der Waals surface area contributed by atoms with Crippen LogP contribution in [0, 0.1) is 11.8 Å². The third kappa shape index (κ3) is 3.73. The molecule has 0 saturated carbocycles. The van der Waals surface area contributed by atoms with Gasteiger partial charge in [0.15, 0.2) is 11.5 Å². The Labute approximate surface area is 119 Å². The fourth-order valence-electron chi connectivity index (χ4n) is 2.13. The Hall–Kier alpha value is -2.04. The third-order valence-electron chi connectivity index (χ3n) is 2.97. The molecule has 0 aromatic heterocycles. The van der Waals surface area contributed by atoms with Crippen molar-refractivity contribution >= 4 is 12.1 Å². The zero-order chi connectivity index (χ0) is 14.5. The first-order valence-electron chi connectivity index (χ1n) is 6.79. The number of ether oxygens (including phenoxy) is 2. The van der Waals surface area contributed by atoms with Crippen molar-refractivity contribution in [3.8, 4) is 11.5 Å². The molecule has 0 fully saturated rings. The van der Waals surface area contributed by atoms with E-state index in [0.29, 0.717) is 28.9 Å². The number of carbonyl (C=O) groups is 1. The van der Waals surface area contributed by atoms with Crippen LogP contribution in [0.25, 0.3) is 0 Å². The smallest absolute Gasteiger partial charge is 0.271 e. The molecule has 1 heterocycles. The van der Waals surface area contributed by atoms with Crippen LogP contribution in [-0.2, 0) is 0 Å². The first-order chi connectivity index (χ1) is 9.56. The molecular weight excluding hydrogens is 256 g/mol. The third-order valence-corrected chi connectivity index (χ3v) is 2.97. The highest BCUT2D eigenvalue weighted by atomic mass is 16.7. The fraction of sp³-hybridized carbons (Fsp3) is 0.467. The molecule has 20 heavy (non-hydrogen) atoms. The lowest BCUT2D eigenvalue weighted by molar-refractivity contribution is 0.0954. The minimum absolute atomic E-state index is 0.200. The molecule has 0 radical (unpaired) electrons. The number of carbonyl (C=O) groups excluding carboxylic acids is 1. The maximum Gasteiger partial charge on any atom is 0.271 e. The van der Waals surface area contributed by atoms with Gasteiger partial charge in [-0.1, -0.05) is 20.8 Å². The normalized spacial score (nSPS) is 14.8. The number of hydrogen-bond donors (Lipinski definition) is 1. The van der Waals surface area contributed by atoms with Gasteiger partial charge < -0.3 is 9.47 Å². The number of hydrazone groups is 1. The second-order valence-corrected chi connectivity index (χ2v) is 5.39. The first kappa shape index (κ1) is 14.4. The van der Waals surface area contributed by atoms with E-state index in [1.807, 2.05) is 0 Å². The van der Waals surface area contributed by atoms with Crippen LogP contribution in [0.2, 0.25) is 0 Å². The highest BCUT2D eigenvalue weighted by molar-refractivity contribution is 5.95. The Balaban J connectivity index is 1.90. The summed E-state index contributed by atoms with van der Waals surface area (Å²) in [7, 11) is 0. The summed E-state index contributed by atoms with van der Waals surface area (Å²) in [5.74, 6) is 1.95. The van der Waals surface area contributed by atoms with E-state index in [1.54, 1.807) is 24.4 Å². The van der Waals surface area contributed by atoms with E-state index in [2.05, 4.69) is 31.3 Å². The summed E-state index contributed by atoms with van der Waals surface area (Å²) < 4.78 is 10.4. The molecule has 1 aliphatic heterocycles. The number of rotatable bonds is 5. The van der Waals surface area contributed by atoms with Gasteiger partial charge in [-0.15, -0.1) is 0 Å². The van der Waals surface area contributed by atoms with Crippen LogP contribution in [0.1, 0.15) is 37.6 Å². The van der Waals surface area contributed by atoms with Gasteiger partial charge in [-0.25, -0.2) is 5.43 Å². The molecule has 0 saturated heterocycles. The molecule has 2 rings (SSSR count). The van der Waals surface area contributed by atoms with Gasteiger partial charge in [-0.3, -0.25) is 4.79 Å². The van der Waals surface area contributed by atoms with Gasteiger partial charge in [0.25, 0.3) is 5.91 Å². The van der Waals surface area contributed by atoms with Gasteiger partial charge in [0.2, 0.25) is 6.79 Å². The molecule has 0 unspecified atom stereocenters. The Morgan fingerprint density at radius 2 is 2.10 bits per heavy atom. The number of hydrogen-bond acceptors (Lipinski definition) is 4. The molecule has 0 bridgehead atoms. The minimum atomic E-state index is -0.253. The van der Waals surface area contributed by atoms with E-state index in [-0.39, 0.29) is 12.7 Å². The molecule has 1 atom stereocenters. The minimum Gasteiger partial charge on any atom is -0.454 e. The summed E-state index contributed by atoms with van der Waals surface area (Å²) in [4.78, 5) is 11.9. The average Bonchev–Trinajstić information content (AvgIpc) is 2.84. The van der Waals surface area contributed by atoms with Crippen LogP contribution >= 0.6 is 0 Å². The summed E-state index contributed by atoms with van der Waals surface area (Å²) in [6, 6.07) is 5.07. The maximum absolute atomic E-state index is 11.9. The SMILES string of the molecule is CC(C)C[C@@H](C)/C=N\NC(=O)c1ccc2c(c1)OCO2. The predicted molar refractivity (Wildman–Crippen MR) is 77.1 cm³/mol. The van der Waals surface area contributed by atoms with E-state index < -0.39 is 0 Å². The summed E-state index contributed by atoms with van der Waals surface area (Å²) in [6.45, 7) is 6.60. The number of amides is 1. The van der Waals surface area contributed by atoms with Crippen LogP contribution < -0.4 is 14.9 Å². The van der Waals surface area contributed by atoms with Gasteiger partial charge >= 0.3 is 0 Å². The standard InChI is InChI=1S/C15H20N2O3/c1-10(2)6-11(3)8-16-17-15(18)12-4-5-13-14(7-12)20-9-19-13/h4-5,7-8,10-11H,6,9H2,1-3H3,(H,17,18)/b16-8-/t11-/m1/s1. The summed E-state index contributed by atoms with van der Waals surface area (Å²) in [5.41, 5.74) is 3.03. The van der Waals surface area contributed by atoms with Crippen LogP contribution in [0.3, 0.4) is 0 Å². The highest BCUT2D eigenvalue weighted by Gasteiger charge is 2.15. The number of nitrogens with one attached hydrogen (secondary N) is 1. The monoisotopic (exact) mass is 276 g/mol. The summed E-state index contributed by atoms with van der Waals surface area (Å²) in [5, 5.41) is 4.00. The molecule has 0 aliphatic carbocycles. The van der Waals surface area contributed by atoms with E-state index in [9.17, 15) is 4.79 Å². The Morgan fingerprint density at radius 1 is 1.35 bits per heavy atom. The molecule has 1 aromatic rings. The number of benzene rings is 1. The summed E-state index contributed by atoms with van der Waals surface area (Å²) >= 11 is 0. The average molecular weight is 276 g/mol. The molecule has 1 N–H and O–H groups in total. The molecule has 0 spiro atoms. The lowest BCUT2D eigenvalue weighted by atomic mass is 10.0. The Kier molecular flexibility index (Phi) is 4.61. The summed E-state index contributed by atoms with van der Waals surface area (Å²) in [6.07, 6.45) is 2.81. The molecule has 5 heteroatoms. The molecule has 108 valence electrons.